The van der Waals surface area contributed by atoms with E-state index in [1.165, 1.54) is 18.2 Å². The number of nitrogens with zero attached hydrogens (tertiary/aromatic N) is 1. The van der Waals surface area contributed by atoms with E-state index in [0.29, 0.717) is 5.02 Å². The molecule has 1 amide bonds. The molecule has 2 N–H and O–H groups in total. The number of carboxylic acids is 1. The summed E-state index contributed by atoms with van der Waals surface area (Å²) >= 11 is 11.7. The highest BCUT2D eigenvalue weighted by molar-refractivity contribution is 6.36. The lowest BCUT2D eigenvalue weighted by molar-refractivity contribution is -0.141. The average molecular weight is 304 g/mol. The summed E-state index contributed by atoms with van der Waals surface area (Å²) < 4.78 is 0. The number of hydrogen-bond acceptors (Lipinski definition) is 3. The molecule has 1 aliphatic rings. The van der Waals surface area contributed by atoms with Gasteiger partial charge in [-0.25, -0.2) is 4.79 Å². The number of aliphatic hydroxyl groups is 1. The Hall–Kier alpha value is -1.30. The van der Waals surface area contributed by atoms with Crippen LogP contribution in [0.4, 0.5) is 0 Å². The molecule has 2 rings (SSSR count). The van der Waals surface area contributed by atoms with Crippen LogP contribution in [0.15, 0.2) is 18.2 Å². The summed E-state index contributed by atoms with van der Waals surface area (Å²) in [6.07, 6.45) is -0.817. The minimum Gasteiger partial charge on any atom is -0.480 e. The molecule has 0 saturated carbocycles. The van der Waals surface area contributed by atoms with Gasteiger partial charge in [0, 0.05) is 18.0 Å². The molecule has 19 heavy (non-hydrogen) atoms. The number of carboxylic acid groups (broad SMARTS) is 1. The van der Waals surface area contributed by atoms with Gasteiger partial charge >= 0.3 is 5.97 Å². The Morgan fingerprint density at radius 3 is 2.58 bits per heavy atom. The second-order valence-corrected chi connectivity index (χ2v) is 5.17. The maximum Gasteiger partial charge on any atom is 0.326 e. The van der Waals surface area contributed by atoms with Gasteiger partial charge in [-0.05, 0) is 18.2 Å². The van der Waals surface area contributed by atoms with E-state index in [1.807, 2.05) is 0 Å². The highest BCUT2D eigenvalue weighted by atomic mass is 35.5. The lowest BCUT2D eigenvalue weighted by Gasteiger charge is -2.21. The fourth-order valence-corrected chi connectivity index (χ4v) is 2.58. The fourth-order valence-electron chi connectivity index (χ4n) is 2.09. The summed E-state index contributed by atoms with van der Waals surface area (Å²) in [5, 5.41) is 19.1. The lowest BCUT2D eigenvalue weighted by Crippen LogP contribution is -2.40. The number of likely N-dealkylation sites (tertiary alicyclic amines) is 1. The van der Waals surface area contributed by atoms with Gasteiger partial charge in [-0.1, -0.05) is 23.2 Å². The van der Waals surface area contributed by atoms with Crippen LogP contribution < -0.4 is 0 Å². The third kappa shape index (κ3) is 2.83. The fraction of sp³-hybridized carbons (Fsp3) is 0.333. The first-order valence-electron chi connectivity index (χ1n) is 5.57. The molecule has 2 atom stereocenters. The number of β-amino-alcohol motifs (C(OH)–C–C–N with tert-alkyl or cyclic N) is 1. The van der Waals surface area contributed by atoms with Crippen LogP contribution in [0, 0.1) is 0 Å². The lowest BCUT2D eigenvalue weighted by atomic mass is 10.1. The molecule has 102 valence electrons. The Morgan fingerprint density at radius 2 is 2.00 bits per heavy atom. The Balaban J connectivity index is 2.30. The summed E-state index contributed by atoms with van der Waals surface area (Å²) in [6.45, 7) is -0.0191. The number of halogens is 2. The number of amides is 1. The molecular weight excluding hydrogens is 293 g/mol. The van der Waals surface area contributed by atoms with E-state index in [2.05, 4.69) is 0 Å². The van der Waals surface area contributed by atoms with Crippen LogP contribution in [0.5, 0.6) is 0 Å². The van der Waals surface area contributed by atoms with Crippen molar-refractivity contribution in [1.82, 2.24) is 4.90 Å². The van der Waals surface area contributed by atoms with E-state index in [0.717, 1.165) is 4.90 Å². The molecule has 1 aliphatic heterocycles. The van der Waals surface area contributed by atoms with Crippen molar-refractivity contribution in [2.24, 2.45) is 0 Å². The van der Waals surface area contributed by atoms with Crippen LogP contribution in [0.25, 0.3) is 0 Å². The molecule has 0 radical (unpaired) electrons. The molecule has 0 bridgehead atoms. The van der Waals surface area contributed by atoms with E-state index in [-0.39, 0.29) is 23.6 Å². The predicted octanol–water partition coefficient (Wildman–Crippen LogP) is 1.65. The van der Waals surface area contributed by atoms with Crippen LogP contribution >= 0.6 is 23.2 Å². The smallest absolute Gasteiger partial charge is 0.326 e. The Morgan fingerprint density at radius 1 is 1.32 bits per heavy atom. The highest BCUT2D eigenvalue weighted by Gasteiger charge is 2.39. The van der Waals surface area contributed by atoms with Gasteiger partial charge in [-0.2, -0.15) is 0 Å². The quantitative estimate of drug-likeness (QED) is 0.871. The second kappa shape index (κ2) is 5.36. The van der Waals surface area contributed by atoms with Gasteiger partial charge in [-0.3, -0.25) is 4.79 Å². The third-order valence-electron chi connectivity index (χ3n) is 2.99. The average Bonchev–Trinajstić information content (AvgIpc) is 2.70. The number of carbonyl (C=O) groups excluding carboxylic acids is 1. The molecule has 1 aromatic rings. The Labute approximate surface area is 119 Å². The topological polar surface area (TPSA) is 77.8 Å². The third-order valence-corrected chi connectivity index (χ3v) is 3.53. The van der Waals surface area contributed by atoms with Crippen molar-refractivity contribution in [1.29, 1.82) is 0 Å². The molecule has 5 nitrogen and oxygen atoms in total. The summed E-state index contributed by atoms with van der Waals surface area (Å²) in [4.78, 5) is 24.4. The molecule has 0 aromatic heterocycles. The zero-order valence-corrected chi connectivity index (χ0v) is 11.2. The number of carbonyl (C=O) groups is 2. The zero-order chi connectivity index (χ0) is 14.2. The molecule has 1 heterocycles. The van der Waals surface area contributed by atoms with Gasteiger partial charge < -0.3 is 15.1 Å². The Bertz CT molecular complexity index is 534. The first-order valence-corrected chi connectivity index (χ1v) is 6.32. The zero-order valence-electron chi connectivity index (χ0n) is 9.72. The molecule has 0 aliphatic carbocycles. The predicted molar refractivity (Wildman–Crippen MR) is 69.5 cm³/mol. The highest BCUT2D eigenvalue weighted by Crippen LogP contribution is 2.26. The number of aliphatic hydroxyl groups excluding tert-OH is 1. The molecule has 1 aromatic carbocycles. The number of aliphatic carboxylic acids is 1. The maximum absolute atomic E-state index is 12.3. The van der Waals surface area contributed by atoms with Crippen LogP contribution in [0.1, 0.15) is 16.8 Å². The molecule has 1 saturated heterocycles. The van der Waals surface area contributed by atoms with E-state index < -0.39 is 24.0 Å². The minimum atomic E-state index is -1.14. The van der Waals surface area contributed by atoms with Crippen LogP contribution in [0.2, 0.25) is 10.0 Å². The molecule has 7 heteroatoms. The van der Waals surface area contributed by atoms with Crippen molar-refractivity contribution in [2.75, 3.05) is 6.54 Å². The molecule has 1 fully saturated rings. The summed E-state index contributed by atoms with van der Waals surface area (Å²) in [5.41, 5.74) is 0.173. The first-order chi connectivity index (χ1) is 8.90. The van der Waals surface area contributed by atoms with E-state index in [1.54, 1.807) is 0 Å². The summed E-state index contributed by atoms with van der Waals surface area (Å²) in [7, 11) is 0. The van der Waals surface area contributed by atoms with E-state index in [9.17, 15) is 14.7 Å². The van der Waals surface area contributed by atoms with Gasteiger partial charge in [0.05, 0.1) is 16.7 Å². The monoisotopic (exact) mass is 303 g/mol. The summed E-state index contributed by atoms with van der Waals surface area (Å²) in [6, 6.07) is 3.33. The van der Waals surface area contributed by atoms with Crippen molar-refractivity contribution in [3.63, 3.8) is 0 Å². The number of rotatable bonds is 2. The van der Waals surface area contributed by atoms with Crippen molar-refractivity contribution in [3.05, 3.63) is 33.8 Å². The molecule has 0 spiro atoms. The van der Waals surface area contributed by atoms with E-state index in [4.69, 9.17) is 28.3 Å². The van der Waals surface area contributed by atoms with Crippen molar-refractivity contribution >= 4 is 35.1 Å². The van der Waals surface area contributed by atoms with Crippen LogP contribution in [0.3, 0.4) is 0 Å². The maximum atomic E-state index is 12.3. The van der Waals surface area contributed by atoms with Crippen molar-refractivity contribution in [2.45, 2.75) is 18.6 Å². The van der Waals surface area contributed by atoms with E-state index >= 15 is 0 Å². The van der Waals surface area contributed by atoms with Crippen molar-refractivity contribution < 1.29 is 19.8 Å². The largest absolute Gasteiger partial charge is 0.480 e. The SMILES string of the molecule is O=C(O)[C@H]1C[C@@H](O)CN1C(=O)c1ccc(Cl)cc1Cl. The van der Waals surface area contributed by atoms with Gasteiger partial charge in [-0.15, -0.1) is 0 Å². The Kier molecular flexibility index (Phi) is 3.99. The molecule has 0 unspecified atom stereocenters. The second-order valence-electron chi connectivity index (χ2n) is 4.33. The van der Waals surface area contributed by atoms with Gasteiger partial charge in [0.1, 0.15) is 6.04 Å². The van der Waals surface area contributed by atoms with Gasteiger partial charge in [0.25, 0.3) is 5.91 Å². The first kappa shape index (κ1) is 14.1. The van der Waals surface area contributed by atoms with Gasteiger partial charge in [0.2, 0.25) is 0 Å². The van der Waals surface area contributed by atoms with Gasteiger partial charge in [0.15, 0.2) is 0 Å². The van der Waals surface area contributed by atoms with Crippen LogP contribution in [-0.4, -0.2) is 45.7 Å². The standard InChI is InChI=1S/C12H11Cl2NO4/c13-6-1-2-8(9(14)3-6)11(17)15-5-7(16)4-10(15)12(18)19/h1-3,7,10,16H,4-5H2,(H,18,19)/t7-,10-/m1/s1. The van der Waals surface area contributed by atoms with Crippen LogP contribution in [-0.2, 0) is 4.79 Å². The number of benzene rings is 1. The normalized spacial score (nSPS) is 22.6. The minimum absolute atomic E-state index is 0.0191. The van der Waals surface area contributed by atoms with Crippen molar-refractivity contribution in [3.8, 4) is 0 Å². The number of hydrogen-bond donors (Lipinski definition) is 2. The summed E-state index contributed by atoms with van der Waals surface area (Å²) in [5.74, 6) is -1.67. The molecular formula is C12H11Cl2NO4.